The third kappa shape index (κ3) is 19.2. The predicted molar refractivity (Wildman–Crippen MR) is 251 cm³/mol. The van der Waals surface area contributed by atoms with Gasteiger partial charge in [-0.15, -0.1) is 0 Å². The lowest BCUT2D eigenvalue weighted by Crippen LogP contribution is -2.47. The highest BCUT2D eigenvalue weighted by atomic mass is 16.6. The van der Waals surface area contributed by atoms with Crippen LogP contribution in [0.4, 0.5) is 0 Å². The molecular formula is C54H78O10. The SMILES string of the molecule is CCCCCC1CCC(C=CCOc2ccc(C(=O)O[C@@H](C(=O)OCCCC)[C@@H](OC(=O)c3ccc(OCC=CC4CCC(CCCCC)CC4)cc3)C(=O)OCCCC)cc2)CC1. The summed E-state index contributed by atoms with van der Waals surface area (Å²) in [5, 5.41) is 0. The number of unbranched alkanes of at least 4 members (excludes halogenated alkanes) is 6. The summed E-state index contributed by atoms with van der Waals surface area (Å²) in [7, 11) is 0. The molecule has 0 spiro atoms. The molecule has 0 bridgehead atoms. The molecule has 0 aliphatic heterocycles. The first kappa shape index (κ1) is 52.0. The van der Waals surface area contributed by atoms with Crippen LogP contribution in [-0.4, -0.2) is 62.5 Å². The van der Waals surface area contributed by atoms with E-state index in [0.29, 0.717) is 49.4 Å². The van der Waals surface area contributed by atoms with Crippen LogP contribution in [-0.2, 0) is 28.5 Å². The summed E-state index contributed by atoms with van der Waals surface area (Å²) >= 11 is 0. The third-order valence-corrected chi connectivity index (χ3v) is 12.6. The van der Waals surface area contributed by atoms with Crippen LogP contribution in [0.15, 0.2) is 72.8 Å². The Hall–Kier alpha value is -4.60. The number of esters is 4. The van der Waals surface area contributed by atoms with Crippen LogP contribution in [0.5, 0.6) is 11.5 Å². The van der Waals surface area contributed by atoms with Crippen LogP contribution in [0.2, 0.25) is 0 Å². The fourth-order valence-electron chi connectivity index (χ4n) is 8.50. The Morgan fingerprint density at radius 2 is 0.859 bits per heavy atom. The molecule has 2 aliphatic rings. The Bertz CT molecular complexity index is 1560. The van der Waals surface area contributed by atoms with Gasteiger partial charge in [-0.3, -0.25) is 0 Å². The zero-order valence-electron chi connectivity index (χ0n) is 39.4. The summed E-state index contributed by atoms with van der Waals surface area (Å²) in [5.41, 5.74) is 0.204. The van der Waals surface area contributed by atoms with Gasteiger partial charge in [-0.25, -0.2) is 19.2 Å². The van der Waals surface area contributed by atoms with Crippen molar-refractivity contribution in [1.29, 1.82) is 0 Å². The predicted octanol–water partition coefficient (Wildman–Crippen LogP) is 12.8. The molecular weight excluding hydrogens is 809 g/mol. The van der Waals surface area contributed by atoms with Crippen molar-refractivity contribution in [3.05, 3.63) is 84.0 Å². The van der Waals surface area contributed by atoms with Gasteiger partial charge in [0.05, 0.1) is 24.3 Å². The highest BCUT2D eigenvalue weighted by molar-refractivity contribution is 5.96. The number of carbonyl (C=O) groups excluding carboxylic acids is 4. The molecule has 0 amide bonds. The van der Waals surface area contributed by atoms with E-state index in [4.69, 9.17) is 28.4 Å². The third-order valence-electron chi connectivity index (χ3n) is 12.6. The van der Waals surface area contributed by atoms with Crippen molar-refractivity contribution in [2.45, 2.75) is 168 Å². The standard InChI is InChI=1S/C54H78O10/c1-5-9-13-17-41-21-25-43(26-22-41)19-15-39-59-47-33-29-45(30-34-47)51(55)63-49(53(57)61-37-11-7-3)50(54(58)62-38-12-8-4)64-52(56)46-31-35-48(36-32-46)60-40-16-20-44-27-23-42(24-28-44)18-14-10-6-2/h15-16,19-20,29-36,41-44,49-50H,5-14,17-18,21-28,37-40H2,1-4H3/t41?,42?,43?,44?,49-,50-/m1/s1. The first-order chi connectivity index (χ1) is 31.2. The van der Waals surface area contributed by atoms with Gasteiger partial charge in [0.25, 0.3) is 0 Å². The Kier molecular flexibility index (Phi) is 24.8. The number of benzene rings is 2. The van der Waals surface area contributed by atoms with Crippen LogP contribution in [0, 0.1) is 23.7 Å². The minimum absolute atomic E-state index is 0.0205. The highest BCUT2D eigenvalue weighted by Gasteiger charge is 2.43. The van der Waals surface area contributed by atoms with Gasteiger partial charge in [0.1, 0.15) is 24.7 Å². The quantitative estimate of drug-likeness (QED) is 0.0337. The maximum absolute atomic E-state index is 13.6. The van der Waals surface area contributed by atoms with Crippen LogP contribution in [0.1, 0.15) is 177 Å². The van der Waals surface area contributed by atoms with Crippen molar-refractivity contribution in [2.24, 2.45) is 23.7 Å². The smallest absolute Gasteiger partial charge is 0.352 e. The molecule has 2 fully saturated rings. The van der Waals surface area contributed by atoms with Crippen molar-refractivity contribution in [1.82, 2.24) is 0 Å². The van der Waals surface area contributed by atoms with Crippen LogP contribution >= 0.6 is 0 Å². The maximum atomic E-state index is 13.6. The highest BCUT2D eigenvalue weighted by Crippen LogP contribution is 2.34. The Morgan fingerprint density at radius 3 is 1.20 bits per heavy atom. The molecule has 0 unspecified atom stereocenters. The molecule has 64 heavy (non-hydrogen) atoms. The zero-order valence-corrected chi connectivity index (χ0v) is 39.4. The lowest BCUT2D eigenvalue weighted by Gasteiger charge is -2.26. The van der Waals surface area contributed by atoms with Crippen molar-refractivity contribution in [2.75, 3.05) is 26.4 Å². The Morgan fingerprint density at radius 1 is 0.500 bits per heavy atom. The van der Waals surface area contributed by atoms with Gasteiger partial charge in [0.15, 0.2) is 0 Å². The normalized spacial score (nSPS) is 19.8. The monoisotopic (exact) mass is 887 g/mol. The van der Waals surface area contributed by atoms with E-state index in [9.17, 15) is 19.2 Å². The largest absolute Gasteiger partial charge is 0.490 e. The molecule has 2 aromatic rings. The van der Waals surface area contributed by atoms with Crippen molar-refractivity contribution < 1.29 is 47.6 Å². The first-order valence-electron chi connectivity index (χ1n) is 24.8. The van der Waals surface area contributed by atoms with Crippen molar-refractivity contribution in [3.8, 4) is 11.5 Å². The zero-order chi connectivity index (χ0) is 45.8. The average Bonchev–Trinajstić information content (AvgIpc) is 3.31. The number of ether oxygens (including phenoxy) is 6. The summed E-state index contributed by atoms with van der Waals surface area (Å²) in [4.78, 5) is 54.3. The van der Waals surface area contributed by atoms with Gasteiger partial charge in [0.2, 0.25) is 12.2 Å². The minimum atomic E-state index is -1.93. The van der Waals surface area contributed by atoms with Gasteiger partial charge in [-0.2, -0.15) is 0 Å². The van der Waals surface area contributed by atoms with E-state index in [1.807, 2.05) is 13.8 Å². The fraction of sp³-hybridized carbons (Fsp3) is 0.630. The topological polar surface area (TPSA) is 124 Å². The number of hydrogen-bond acceptors (Lipinski definition) is 10. The summed E-state index contributed by atoms with van der Waals surface area (Å²) in [6.45, 7) is 9.20. The molecule has 2 aromatic carbocycles. The molecule has 0 aromatic heterocycles. The van der Waals surface area contributed by atoms with Crippen molar-refractivity contribution >= 4 is 23.9 Å². The van der Waals surface area contributed by atoms with Crippen LogP contribution < -0.4 is 9.47 Å². The second-order valence-corrected chi connectivity index (χ2v) is 17.8. The molecule has 0 heterocycles. The second kappa shape index (κ2) is 30.5. The van der Waals surface area contributed by atoms with E-state index >= 15 is 0 Å². The van der Waals surface area contributed by atoms with E-state index < -0.39 is 36.1 Å². The molecule has 2 saturated carbocycles. The molecule has 0 radical (unpaired) electrons. The molecule has 2 aliphatic carbocycles. The fourth-order valence-corrected chi connectivity index (χ4v) is 8.50. The number of carbonyl (C=O) groups is 4. The molecule has 4 rings (SSSR count). The van der Waals surface area contributed by atoms with Gasteiger partial charge in [-0.05, 0) is 136 Å². The average molecular weight is 887 g/mol. The summed E-state index contributed by atoms with van der Waals surface area (Å²) in [6.07, 6.45) is 27.9. The summed E-state index contributed by atoms with van der Waals surface area (Å²) < 4.78 is 34.0. The van der Waals surface area contributed by atoms with E-state index in [0.717, 1.165) is 24.7 Å². The minimum Gasteiger partial charge on any atom is -0.490 e. The number of hydrogen-bond donors (Lipinski definition) is 0. The van der Waals surface area contributed by atoms with Crippen LogP contribution in [0.25, 0.3) is 0 Å². The van der Waals surface area contributed by atoms with E-state index in [-0.39, 0.29) is 24.3 Å². The van der Waals surface area contributed by atoms with Crippen molar-refractivity contribution in [3.63, 3.8) is 0 Å². The molecule has 10 heteroatoms. The van der Waals surface area contributed by atoms with Gasteiger partial charge in [-0.1, -0.05) is 116 Å². The van der Waals surface area contributed by atoms with E-state index in [1.54, 1.807) is 24.3 Å². The molecule has 354 valence electrons. The Labute approximate surface area is 384 Å². The molecule has 2 atom stereocenters. The lowest BCUT2D eigenvalue weighted by molar-refractivity contribution is -0.174. The summed E-state index contributed by atoms with van der Waals surface area (Å²) in [5.74, 6) is 0.109. The van der Waals surface area contributed by atoms with Gasteiger partial charge in [0, 0.05) is 0 Å². The van der Waals surface area contributed by atoms with Crippen LogP contribution in [0.3, 0.4) is 0 Å². The Balaban J connectivity index is 1.35. The maximum Gasteiger partial charge on any atom is 0.352 e. The van der Waals surface area contributed by atoms with E-state index in [2.05, 4.69) is 38.2 Å². The number of rotatable bonds is 29. The second-order valence-electron chi connectivity index (χ2n) is 17.8. The van der Waals surface area contributed by atoms with Gasteiger partial charge < -0.3 is 28.4 Å². The van der Waals surface area contributed by atoms with E-state index in [1.165, 1.54) is 127 Å². The lowest BCUT2D eigenvalue weighted by atomic mass is 9.79. The van der Waals surface area contributed by atoms with Gasteiger partial charge >= 0.3 is 23.9 Å². The summed E-state index contributed by atoms with van der Waals surface area (Å²) in [6, 6.07) is 12.6. The number of allylic oxidation sites excluding steroid dienone is 2. The molecule has 0 saturated heterocycles. The molecule has 10 nitrogen and oxygen atoms in total. The first-order valence-corrected chi connectivity index (χ1v) is 24.8. The molecule has 0 N–H and O–H groups in total.